The van der Waals surface area contributed by atoms with Gasteiger partial charge in [0, 0.05) is 35.5 Å². The van der Waals surface area contributed by atoms with Crippen LogP contribution in [0, 0.1) is 29.1 Å². The Labute approximate surface area is 312 Å². The summed E-state index contributed by atoms with van der Waals surface area (Å²) in [6.07, 6.45) is 0.771. The fourth-order valence-electron chi connectivity index (χ4n) is 10.3. The molecule has 7 rings (SSSR count). The van der Waals surface area contributed by atoms with E-state index in [2.05, 4.69) is 45.0 Å². The average molecular weight is 739 g/mol. The number of hydrogen-bond acceptors (Lipinski definition) is 9. The molecule has 4 N–H and O–H groups in total. The average Bonchev–Trinajstić information content (AvgIpc) is 3.56. The van der Waals surface area contributed by atoms with Gasteiger partial charge in [-0.25, -0.2) is 4.79 Å². The quantitative estimate of drug-likeness (QED) is 0.113. The molecule has 280 valence electrons. The van der Waals surface area contributed by atoms with E-state index in [0.717, 1.165) is 10.4 Å². The number of aliphatic hydroxyl groups excluding tert-OH is 2. The first-order chi connectivity index (χ1) is 24.9. The van der Waals surface area contributed by atoms with Crippen LogP contribution < -0.4 is 19.5 Å². The standard InChI is InChI=1S/C43H50O9Si/c1-26-22-34-41(48,36(26)45)24-28(25-44)23-33-35-40(6,7)43(35,37(46)27(2)42(33,34)49)51-38(47)50-29-18-20-30(21-19-29)52-53(39(3,4)5,31-14-10-8-11-15-31)32-16-12-9-13-17-32/h8-23,27,33-35,37,44,46,48-49H,24-25H2,1-7H3/t27-,33+,34-,35-,37-,41-,42-,43-/m1/s1. The Morgan fingerprint density at radius 1 is 0.887 bits per heavy atom. The molecule has 4 aliphatic carbocycles. The number of benzene rings is 3. The SMILES string of the molecule is CC1=C[C@H]2[C@@]3(O)[C@H](C)[C@@H](O)[C@]4(OC(=O)Oc5ccc(O[Si](c6ccccc6)(c6ccccc6)C(C)(C)C)cc5)[C@H]([C@@H]3C=C(CO)C[C@]2(O)C1=O)C4(C)C. The van der Waals surface area contributed by atoms with Gasteiger partial charge in [-0.3, -0.25) is 4.79 Å². The van der Waals surface area contributed by atoms with Crippen molar-refractivity contribution in [1.82, 2.24) is 0 Å². The molecule has 0 unspecified atom stereocenters. The molecule has 0 aliphatic heterocycles. The molecule has 2 fully saturated rings. The van der Waals surface area contributed by atoms with Crippen molar-refractivity contribution in [3.8, 4) is 11.5 Å². The van der Waals surface area contributed by atoms with E-state index in [4.69, 9.17) is 13.9 Å². The zero-order valence-corrected chi connectivity index (χ0v) is 32.4. The zero-order chi connectivity index (χ0) is 38.4. The fraction of sp³-hybridized carbons (Fsp3) is 0.442. The first-order valence-corrected chi connectivity index (χ1v) is 20.3. The Balaban J connectivity index is 1.16. The van der Waals surface area contributed by atoms with Crippen LogP contribution in [0.1, 0.15) is 54.9 Å². The molecule has 0 saturated heterocycles. The number of ketones is 1. The third-order valence-corrected chi connectivity index (χ3v) is 17.9. The highest BCUT2D eigenvalue weighted by atomic mass is 28.4. The summed E-state index contributed by atoms with van der Waals surface area (Å²) >= 11 is 0. The van der Waals surface area contributed by atoms with Gasteiger partial charge in [0.15, 0.2) is 11.4 Å². The predicted octanol–water partition coefficient (Wildman–Crippen LogP) is 5.09. The van der Waals surface area contributed by atoms with Gasteiger partial charge in [0.25, 0.3) is 0 Å². The lowest BCUT2D eigenvalue weighted by molar-refractivity contribution is -0.211. The second-order valence-electron chi connectivity index (χ2n) is 17.1. The molecule has 0 spiro atoms. The van der Waals surface area contributed by atoms with Crippen molar-refractivity contribution in [3.63, 3.8) is 0 Å². The van der Waals surface area contributed by atoms with Gasteiger partial charge >= 0.3 is 14.5 Å². The zero-order valence-electron chi connectivity index (χ0n) is 31.4. The smallest absolute Gasteiger partial charge is 0.514 e. The summed E-state index contributed by atoms with van der Waals surface area (Å²) in [5.41, 5.74) is -5.33. The minimum Gasteiger partial charge on any atom is -0.534 e. The van der Waals surface area contributed by atoms with E-state index < -0.39 is 78.9 Å². The number of Topliss-reactive ketones (excluding diaryl/α,β-unsaturated/α-hetero) is 1. The lowest BCUT2D eigenvalue weighted by atomic mass is 9.59. The molecule has 0 amide bonds. The van der Waals surface area contributed by atoms with Crippen molar-refractivity contribution in [3.05, 3.63) is 108 Å². The summed E-state index contributed by atoms with van der Waals surface area (Å²) < 4.78 is 18.9. The maximum absolute atomic E-state index is 13.6. The lowest BCUT2D eigenvalue weighted by Crippen LogP contribution is -2.68. The van der Waals surface area contributed by atoms with Gasteiger partial charge in [-0.1, -0.05) is 114 Å². The van der Waals surface area contributed by atoms with E-state index in [1.54, 1.807) is 50.3 Å². The second kappa shape index (κ2) is 12.5. The Kier molecular flexibility index (Phi) is 8.78. The lowest BCUT2D eigenvalue weighted by Gasteiger charge is -2.52. The molecule has 3 aromatic carbocycles. The van der Waals surface area contributed by atoms with E-state index in [0.29, 0.717) is 16.9 Å². The van der Waals surface area contributed by atoms with Gasteiger partial charge in [-0.05, 0) is 57.7 Å². The highest BCUT2D eigenvalue weighted by Crippen LogP contribution is 2.76. The Bertz CT molecular complexity index is 1930. The molecule has 0 aromatic heterocycles. The summed E-state index contributed by atoms with van der Waals surface area (Å²) in [6.45, 7) is 13.1. The summed E-state index contributed by atoms with van der Waals surface area (Å²) in [5, 5.41) is 48.6. The van der Waals surface area contributed by atoms with Crippen LogP contribution in [-0.4, -0.2) is 70.2 Å². The van der Waals surface area contributed by atoms with Crippen molar-refractivity contribution in [2.75, 3.05) is 6.61 Å². The highest BCUT2D eigenvalue weighted by molar-refractivity contribution is 7.00. The van der Waals surface area contributed by atoms with Gasteiger partial charge in [0.05, 0.1) is 12.2 Å². The topological polar surface area (TPSA) is 143 Å². The van der Waals surface area contributed by atoms with Crippen LogP contribution in [0.2, 0.25) is 5.04 Å². The fourth-order valence-corrected chi connectivity index (χ4v) is 14.7. The van der Waals surface area contributed by atoms with Gasteiger partial charge < -0.3 is 34.3 Å². The van der Waals surface area contributed by atoms with Crippen molar-refractivity contribution in [1.29, 1.82) is 0 Å². The third-order valence-electron chi connectivity index (χ3n) is 13.0. The third kappa shape index (κ3) is 5.24. The maximum atomic E-state index is 13.6. The molecule has 4 aliphatic rings. The molecule has 53 heavy (non-hydrogen) atoms. The number of rotatable bonds is 7. The van der Waals surface area contributed by atoms with Crippen molar-refractivity contribution >= 4 is 30.6 Å². The van der Waals surface area contributed by atoms with Gasteiger partial charge in [0.1, 0.15) is 23.2 Å². The number of fused-ring (bicyclic) bond motifs is 5. The minimum absolute atomic E-state index is 0.152. The molecule has 10 heteroatoms. The monoisotopic (exact) mass is 738 g/mol. The Morgan fingerprint density at radius 2 is 1.43 bits per heavy atom. The van der Waals surface area contributed by atoms with Crippen LogP contribution >= 0.6 is 0 Å². The van der Waals surface area contributed by atoms with E-state index in [1.165, 1.54) is 0 Å². The molecular formula is C43H50O9Si. The van der Waals surface area contributed by atoms with Gasteiger partial charge in [-0.2, -0.15) is 0 Å². The van der Waals surface area contributed by atoms with Crippen LogP contribution in [0.15, 0.2) is 108 Å². The highest BCUT2D eigenvalue weighted by Gasteiger charge is 2.87. The minimum atomic E-state index is -2.90. The Hall–Kier alpha value is -4.06. The first-order valence-electron chi connectivity index (χ1n) is 18.4. The first kappa shape index (κ1) is 37.3. The molecular weight excluding hydrogens is 689 g/mol. The van der Waals surface area contributed by atoms with Crippen LogP contribution in [0.3, 0.4) is 0 Å². The molecule has 0 heterocycles. The molecule has 8 atom stereocenters. The molecule has 9 nitrogen and oxygen atoms in total. The van der Waals surface area contributed by atoms with E-state index in [9.17, 15) is 30.0 Å². The normalized spacial score (nSPS) is 33.0. The maximum Gasteiger partial charge on any atom is 0.514 e. The number of carbonyl (C=O) groups excluding carboxylic acids is 2. The van der Waals surface area contributed by atoms with Crippen LogP contribution in [0.5, 0.6) is 11.5 Å². The Morgan fingerprint density at radius 3 is 1.96 bits per heavy atom. The van der Waals surface area contributed by atoms with Crippen LogP contribution in [-0.2, 0) is 9.53 Å². The number of hydrogen-bond donors (Lipinski definition) is 4. The van der Waals surface area contributed by atoms with E-state index in [-0.39, 0.29) is 17.2 Å². The number of aliphatic hydroxyl groups is 4. The van der Waals surface area contributed by atoms with Crippen LogP contribution in [0.25, 0.3) is 0 Å². The molecule has 0 bridgehead atoms. The van der Waals surface area contributed by atoms with Crippen molar-refractivity contribution in [2.24, 2.45) is 29.1 Å². The van der Waals surface area contributed by atoms with E-state index in [1.807, 2.05) is 50.2 Å². The van der Waals surface area contributed by atoms with Gasteiger partial charge in [0.2, 0.25) is 0 Å². The predicted molar refractivity (Wildman–Crippen MR) is 202 cm³/mol. The molecule has 0 radical (unpaired) electrons. The second-order valence-corrected chi connectivity index (χ2v) is 21.3. The summed E-state index contributed by atoms with van der Waals surface area (Å²) in [4.78, 5) is 26.9. The summed E-state index contributed by atoms with van der Waals surface area (Å²) in [7, 11) is -2.90. The van der Waals surface area contributed by atoms with Gasteiger partial charge in [-0.15, -0.1) is 0 Å². The largest absolute Gasteiger partial charge is 0.534 e. The van der Waals surface area contributed by atoms with Crippen molar-refractivity contribution < 1.29 is 43.9 Å². The summed E-state index contributed by atoms with van der Waals surface area (Å²) in [5.74, 6) is -3.04. The number of ether oxygens (including phenoxy) is 2. The van der Waals surface area contributed by atoms with Crippen LogP contribution in [0.4, 0.5) is 4.79 Å². The van der Waals surface area contributed by atoms with Crippen molar-refractivity contribution in [2.45, 2.75) is 82.8 Å². The number of carbonyl (C=O) groups is 2. The molecule has 2 saturated carbocycles. The molecule has 3 aromatic rings. The summed E-state index contributed by atoms with van der Waals surface area (Å²) in [6, 6.07) is 27.4. The van der Waals surface area contributed by atoms with E-state index >= 15 is 0 Å².